The van der Waals surface area contributed by atoms with Gasteiger partial charge in [-0.1, -0.05) is 23.7 Å². The minimum Gasteiger partial charge on any atom is -0.385 e. The number of hydrogen-bond acceptors (Lipinski definition) is 4. The molecule has 0 aliphatic carbocycles. The van der Waals surface area contributed by atoms with Crippen LogP contribution >= 0.6 is 11.6 Å². The quantitative estimate of drug-likeness (QED) is 0.927. The predicted octanol–water partition coefficient (Wildman–Crippen LogP) is 2.93. The van der Waals surface area contributed by atoms with E-state index < -0.39 is 5.60 Å². The molecule has 110 valence electrons. The molecular weight excluding hydrogens is 286 g/mol. The summed E-state index contributed by atoms with van der Waals surface area (Å²) >= 11 is 5.91. The lowest BCUT2D eigenvalue weighted by Gasteiger charge is -2.38. The highest BCUT2D eigenvalue weighted by molar-refractivity contribution is 6.30. The first-order valence-corrected chi connectivity index (χ1v) is 7.47. The summed E-state index contributed by atoms with van der Waals surface area (Å²) < 4.78 is 0. The van der Waals surface area contributed by atoms with E-state index in [0.29, 0.717) is 17.9 Å². The van der Waals surface area contributed by atoms with Gasteiger partial charge >= 0.3 is 0 Å². The van der Waals surface area contributed by atoms with E-state index in [4.69, 9.17) is 11.6 Å². The Morgan fingerprint density at radius 3 is 2.24 bits per heavy atom. The van der Waals surface area contributed by atoms with E-state index in [1.165, 1.54) is 0 Å². The normalized spacial score (nSPS) is 17.8. The van der Waals surface area contributed by atoms with Crippen molar-refractivity contribution in [2.45, 2.75) is 25.4 Å². The van der Waals surface area contributed by atoms with Crippen molar-refractivity contribution >= 4 is 17.5 Å². The summed E-state index contributed by atoms with van der Waals surface area (Å²) in [5, 5.41) is 11.5. The Kier molecular flexibility index (Phi) is 3.83. The van der Waals surface area contributed by atoms with Gasteiger partial charge in [0, 0.05) is 30.5 Å². The number of aromatic nitrogens is 2. The minimum atomic E-state index is -0.786. The summed E-state index contributed by atoms with van der Waals surface area (Å²) in [4.78, 5) is 10.8. The van der Waals surface area contributed by atoms with Crippen molar-refractivity contribution < 1.29 is 5.11 Å². The topological polar surface area (TPSA) is 49.2 Å². The first kappa shape index (κ1) is 14.3. The van der Waals surface area contributed by atoms with Crippen LogP contribution in [0.4, 0.5) is 5.95 Å². The van der Waals surface area contributed by atoms with Crippen LogP contribution in [0.1, 0.15) is 24.0 Å². The highest BCUT2D eigenvalue weighted by atomic mass is 35.5. The lowest BCUT2D eigenvalue weighted by Crippen LogP contribution is -2.43. The molecule has 21 heavy (non-hydrogen) atoms. The molecule has 2 aromatic rings. The summed E-state index contributed by atoms with van der Waals surface area (Å²) in [5.74, 6) is 0.735. The Hall–Kier alpha value is -1.65. The minimum absolute atomic E-state index is 0.659. The molecule has 3 rings (SSSR count). The fourth-order valence-electron chi connectivity index (χ4n) is 2.67. The summed E-state index contributed by atoms with van der Waals surface area (Å²) in [6.07, 6.45) is 4.96. The van der Waals surface area contributed by atoms with Crippen LogP contribution in [0, 0.1) is 6.92 Å². The van der Waals surface area contributed by atoms with Gasteiger partial charge in [0.1, 0.15) is 0 Å². The Bertz CT molecular complexity index is 604. The summed E-state index contributed by atoms with van der Waals surface area (Å²) in [6, 6.07) is 7.45. The van der Waals surface area contributed by atoms with Gasteiger partial charge in [-0.15, -0.1) is 0 Å². The molecule has 2 heterocycles. The molecule has 0 bridgehead atoms. The van der Waals surface area contributed by atoms with Gasteiger partial charge in [0.05, 0.1) is 5.60 Å². The maximum Gasteiger partial charge on any atom is 0.225 e. The lowest BCUT2D eigenvalue weighted by atomic mass is 9.84. The molecule has 0 radical (unpaired) electrons. The Balaban J connectivity index is 1.72. The maximum atomic E-state index is 10.8. The average Bonchev–Trinajstić information content (AvgIpc) is 2.50. The van der Waals surface area contributed by atoms with Crippen LogP contribution < -0.4 is 4.90 Å². The fraction of sp³-hybridized carbons (Fsp3) is 0.375. The number of benzene rings is 1. The number of rotatable bonds is 2. The van der Waals surface area contributed by atoms with Crippen molar-refractivity contribution in [2.24, 2.45) is 0 Å². The Morgan fingerprint density at radius 1 is 1.10 bits per heavy atom. The van der Waals surface area contributed by atoms with E-state index in [0.717, 1.165) is 30.2 Å². The third-order valence-corrected chi connectivity index (χ3v) is 4.27. The van der Waals surface area contributed by atoms with Crippen molar-refractivity contribution in [3.05, 3.63) is 52.8 Å². The number of halogens is 1. The van der Waals surface area contributed by atoms with E-state index >= 15 is 0 Å². The lowest BCUT2D eigenvalue weighted by molar-refractivity contribution is 0.0115. The van der Waals surface area contributed by atoms with E-state index in [2.05, 4.69) is 14.9 Å². The number of piperidine rings is 1. The molecule has 1 aromatic heterocycles. The first-order valence-electron chi connectivity index (χ1n) is 7.09. The molecule has 1 aromatic carbocycles. The smallest absolute Gasteiger partial charge is 0.225 e. The maximum absolute atomic E-state index is 10.8. The highest BCUT2D eigenvalue weighted by Gasteiger charge is 2.34. The van der Waals surface area contributed by atoms with Gasteiger partial charge in [0.2, 0.25) is 5.95 Å². The summed E-state index contributed by atoms with van der Waals surface area (Å²) in [7, 11) is 0. The van der Waals surface area contributed by atoms with Crippen molar-refractivity contribution in [3.8, 4) is 0 Å². The zero-order valence-electron chi connectivity index (χ0n) is 12.0. The van der Waals surface area contributed by atoms with Gasteiger partial charge < -0.3 is 10.0 Å². The molecule has 0 amide bonds. The molecule has 1 fully saturated rings. The van der Waals surface area contributed by atoms with E-state index in [1.54, 1.807) is 0 Å². The standard InChI is InChI=1S/C16H18ClN3O/c1-12-10-18-15(19-11-12)20-8-6-16(21,7-9-20)13-2-4-14(17)5-3-13/h2-5,10-11,21H,6-9H2,1H3. The average molecular weight is 304 g/mol. The molecule has 0 spiro atoms. The van der Waals surface area contributed by atoms with Gasteiger partial charge in [0.15, 0.2) is 0 Å². The SMILES string of the molecule is Cc1cnc(N2CCC(O)(c3ccc(Cl)cc3)CC2)nc1. The zero-order chi connectivity index (χ0) is 14.9. The van der Waals surface area contributed by atoms with Crippen molar-refractivity contribution in [3.63, 3.8) is 0 Å². The highest BCUT2D eigenvalue weighted by Crippen LogP contribution is 2.34. The molecule has 5 heteroatoms. The molecule has 1 saturated heterocycles. The fourth-order valence-corrected chi connectivity index (χ4v) is 2.80. The van der Waals surface area contributed by atoms with E-state index in [1.807, 2.05) is 43.6 Å². The summed E-state index contributed by atoms with van der Waals surface area (Å²) in [5.41, 5.74) is 1.19. The molecular formula is C16H18ClN3O. The van der Waals surface area contributed by atoms with Crippen LogP contribution in [0.3, 0.4) is 0 Å². The largest absolute Gasteiger partial charge is 0.385 e. The number of aliphatic hydroxyl groups is 1. The second kappa shape index (κ2) is 5.62. The molecule has 4 nitrogen and oxygen atoms in total. The van der Waals surface area contributed by atoms with Crippen LogP contribution in [0.15, 0.2) is 36.7 Å². The summed E-state index contributed by atoms with van der Waals surface area (Å²) in [6.45, 7) is 3.45. The van der Waals surface area contributed by atoms with Crippen molar-refractivity contribution in [1.29, 1.82) is 0 Å². The Labute approximate surface area is 129 Å². The Morgan fingerprint density at radius 2 is 1.67 bits per heavy atom. The van der Waals surface area contributed by atoms with Gasteiger partial charge in [-0.25, -0.2) is 9.97 Å². The molecule has 1 N–H and O–H groups in total. The van der Waals surface area contributed by atoms with Crippen LogP contribution in [0.25, 0.3) is 0 Å². The number of nitrogens with zero attached hydrogens (tertiary/aromatic N) is 3. The number of aryl methyl sites for hydroxylation is 1. The monoisotopic (exact) mass is 303 g/mol. The van der Waals surface area contributed by atoms with Crippen molar-refractivity contribution in [2.75, 3.05) is 18.0 Å². The molecule has 1 aliphatic heterocycles. The number of hydrogen-bond donors (Lipinski definition) is 1. The van der Waals surface area contributed by atoms with Crippen molar-refractivity contribution in [1.82, 2.24) is 9.97 Å². The van der Waals surface area contributed by atoms with Crippen LogP contribution in [0.5, 0.6) is 0 Å². The van der Waals surface area contributed by atoms with Gasteiger partial charge in [-0.2, -0.15) is 0 Å². The zero-order valence-corrected chi connectivity index (χ0v) is 12.7. The molecule has 1 aliphatic rings. The van der Waals surface area contributed by atoms with Gasteiger partial charge in [-0.05, 0) is 43.0 Å². The third-order valence-electron chi connectivity index (χ3n) is 4.02. The second-order valence-electron chi connectivity index (χ2n) is 5.59. The van der Waals surface area contributed by atoms with E-state index in [-0.39, 0.29) is 0 Å². The first-order chi connectivity index (χ1) is 10.1. The molecule has 0 unspecified atom stereocenters. The predicted molar refractivity (Wildman–Crippen MR) is 83.6 cm³/mol. The van der Waals surface area contributed by atoms with Crippen LogP contribution in [0.2, 0.25) is 5.02 Å². The van der Waals surface area contributed by atoms with E-state index in [9.17, 15) is 5.11 Å². The molecule has 0 atom stereocenters. The molecule has 0 saturated carbocycles. The van der Waals surface area contributed by atoms with Gasteiger partial charge in [-0.3, -0.25) is 0 Å². The van der Waals surface area contributed by atoms with Crippen LogP contribution in [-0.4, -0.2) is 28.2 Å². The van der Waals surface area contributed by atoms with Gasteiger partial charge in [0.25, 0.3) is 0 Å². The second-order valence-corrected chi connectivity index (χ2v) is 6.02. The number of anilines is 1. The van der Waals surface area contributed by atoms with Crippen LogP contribution in [-0.2, 0) is 5.60 Å². The third kappa shape index (κ3) is 3.01.